The number of carbonyl (C=O) groups is 1. The van der Waals surface area contributed by atoms with Crippen LogP contribution in [0.3, 0.4) is 0 Å². The molecule has 2 heterocycles. The number of rotatable bonds is 6. The number of hydrogen-bond acceptors (Lipinski definition) is 3. The zero-order valence-corrected chi connectivity index (χ0v) is 21.1. The van der Waals surface area contributed by atoms with E-state index in [0.717, 1.165) is 28.7 Å². The Hall–Kier alpha value is -1.25. The van der Waals surface area contributed by atoms with Crippen molar-refractivity contribution >= 4 is 29.0 Å². The van der Waals surface area contributed by atoms with Crippen LogP contribution in [0.2, 0.25) is 0 Å². The molecule has 1 N–H and O–H groups in total. The number of anilines is 2. The second-order valence-electron chi connectivity index (χ2n) is 8.68. The van der Waals surface area contributed by atoms with Crippen molar-refractivity contribution in [3.63, 3.8) is 0 Å². The van der Waals surface area contributed by atoms with E-state index in [1.807, 2.05) is 6.07 Å². The summed E-state index contributed by atoms with van der Waals surface area (Å²) < 4.78 is 1.14. The zero-order chi connectivity index (χ0) is 20.4. The predicted molar refractivity (Wildman–Crippen MR) is 121 cm³/mol. The van der Waals surface area contributed by atoms with Gasteiger partial charge in [-0.3, -0.25) is 4.79 Å². The number of halogens is 1. The van der Waals surface area contributed by atoms with Crippen molar-refractivity contribution in [3.05, 3.63) is 48.0 Å². The van der Waals surface area contributed by atoms with E-state index in [4.69, 9.17) is 0 Å². The quantitative estimate of drug-likeness (QED) is 0.453. The maximum atomic E-state index is 12.6. The van der Waals surface area contributed by atoms with Crippen LogP contribution in [0.25, 0.3) is 0 Å². The maximum Gasteiger partial charge on any atom is 0.251 e. The Morgan fingerprint density at radius 1 is 1.13 bits per heavy atom. The fourth-order valence-electron chi connectivity index (χ4n) is 4.74. The number of nitrogens with one attached hydrogen (secondary N) is 1. The summed E-state index contributed by atoms with van der Waals surface area (Å²) in [6.45, 7) is 8.77. The van der Waals surface area contributed by atoms with Gasteiger partial charge in [-0.1, -0.05) is 30.8 Å². The lowest BCUT2D eigenvalue weighted by Crippen LogP contribution is -3.00. The molecule has 4 nitrogen and oxygen atoms in total. The third-order valence-corrected chi connectivity index (χ3v) is 7.28. The van der Waals surface area contributed by atoms with E-state index in [9.17, 15) is 4.79 Å². The normalized spacial score (nSPS) is 17.5. The van der Waals surface area contributed by atoms with Gasteiger partial charge in [-0.25, -0.2) is 0 Å². The number of nitrogens with zero attached hydrogens (tertiary/aromatic N) is 2. The highest BCUT2D eigenvalue weighted by Crippen LogP contribution is 2.49. The van der Waals surface area contributed by atoms with Gasteiger partial charge in [0.1, 0.15) is 0 Å². The number of quaternary nitrogens is 1. The minimum Gasteiger partial charge on any atom is -1.00 e. The molecule has 2 aromatic rings. The number of amides is 1. The summed E-state index contributed by atoms with van der Waals surface area (Å²) in [5.74, 6) is 0.0182. The SMILES string of the molecule is CCCNC(=O)c1ccc2c(c1)N(C(C)C[N+]1(C)CCCC1)c1ccccc1S2.[I-]. The average molecular weight is 538 g/mol. The first kappa shape index (κ1) is 23.4. The highest BCUT2D eigenvalue weighted by molar-refractivity contribution is 7.99. The molecule has 0 bridgehead atoms. The van der Waals surface area contributed by atoms with E-state index in [1.165, 1.54) is 41.4 Å². The maximum absolute atomic E-state index is 12.6. The van der Waals surface area contributed by atoms with Crippen molar-refractivity contribution in [2.75, 3.05) is 38.1 Å². The summed E-state index contributed by atoms with van der Waals surface area (Å²) >= 11 is 1.81. The third-order valence-electron chi connectivity index (χ3n) is 6.15. The number of benzene rings is 2. The van der Waals surface area contributed by atoms with Gasteiger partial charge < -0.3 is 38.7 Å². The van der Waals surface area contributed by atoms with E-state index in [2.05, 4.69) is 67.5 Å². The van der Waals surface area contributed by atoms with Crippen LogP contribution in [0.1, 0.15) is 43.5 Å². The van der Waals surface area contributed by atoms with Crippen LogP contribution < -0.4 is 34.2 Å². The largest absolute Gasteiger partial charge is 1.00 e. The van der Waals surface area contributed by atoms with Crippen molar-refractivity contribution in [3.8, 4) is 0 Å². The molecule has 0 spiro atoms. The second kappa shape index (κ2) is 9.92. The van der Waals surface area contributed by atoms with Crippen LogP contribution in [-0.4, -0.2) is 49.7 Å². The standard InChI is InChI=1S/C24H31N3OS.HI/c1-4-13-25-24(28)19-11-12-23-21(16-19)26(20-9-5-6-10-22(20)29-23)18(2)17-27(3)14-7-8-15-27;/h5-6,9-12,16,18H,4,7-8,13-15,17H2,1-3H3;1H. The van der Waals surface area contributed by atoms with Gasteiger partial charge in [-0.2, -0.15) is 0 Å². The Kier molecular flexibility index (Phi) is 7.74. The molecule has 1 fully saturated rings. The van der Waals surface area contributed by atoms with E-state index in [-0.39, 0.29) is 29.9 Å². The van der Waals surface area contributed by atoms with Gasteiger partial charge in [-0.05, 0) is 43.7 Å². The fraction of sp³-hybridized carbons (Fsp3) is 0.458. The summed E-state index contributed by atoms with van der Waals surface area (Å²) in [6, 6.07) is 15.2. The first-order valence-corrected chi connectivity index (χ1v) is 11.6. The van der Waals surface area contributed by atoms with Gasteiger partial charge in [0.2, 0.25) is 0 Å². The van der Waals surface area contributed by atoms with E-state index in [1.54, 1.807) is 11.8 Å². The number of hydrogen-bond donors (Lipinski definition) is 1. The Labute approximate surface area is 202 Å². The Morgan fingerprint density at radius 2 is 1.83 bits per heavy atom. The minimum absolute atomic E-state index is 0. The first-order chi connectivity index (χ1) is 14.0. The molecule has 162 valence electrons. The second-order valence-corrected chi connectivity index (χ2v) is 9.77. The summed E-state index contributed by atoms with van der Waals surface area (Å²) in [6.07, 6.45) is 3.60. The molecule has 4 rings (SSSR count). The van der Waals surface area contributed by atoms with Gasteiger partial charge in [-0.15, -0.1) is 0 Å². The zero-order valence-electron chi connectivity index (χ0n) is 18.2. The van der Waals surface area contributed by atoms with Crippen molar-refractivity contribution in [1.29, 1.82) is 0 Å². The first-order valence-electron chi connectivity index (χ1n) is 10.8. The number of fused-ring (bicyclic) bond motifs is 2. The molecular weight excluding hydrogens is 505 g/mol. The molecule has 0 aliphatic carbocycles. The molecule has 1 atom stereocenters. The topological polar surface area (TPSA) is 32.3 Å². The van der Waals surface area contributed by atoms with Crippen LogP contribution in [0.5, 0.6) is 0 Å². The number of likely N-dealkylation sites (N-methyl/N-ethyl adjacent to an activating group) is 1. The highest BCUT2D eigenvalue weighted by Gasteiger charge is 2.34. The summed E-state index contributed by atoms with van der Waals surface area (Å²) in [7, 11) is 2.39. The summed E-state index contributed by atoms with van der Waals surface area (Å²) in [4.78, 5) is 17.6. The van der Waals surface area contributed by atoms with Gasteiger partial charge >= 0.3 is 0 Å². The Morgan fingerprint density at radius 3 is 2.57 bits per heavy atom. The molecule has 2 aliphatic rings. The van der Waals surface area contributed by atoms with Crippen LogP contribution in [0, 0.1) is 0 Å². The van der Waals surface area contributed by atoms with Crippen molar-refractivity contribution in [2.24, 2.45) is 0 Å². The number of para-hydroxylation sites is 1. The number of likely N-dealkylation sites (tertiary alicyclic amines) is 1. The molecular formula is C24H32IN3OS. The molecule has 6 heteroatoms. The van der Waals surface area contributed by atoms with Gasteiger partial charge in [0, 0.05) is 34.7 Å². The lowest BCUT2D eigenvalue weighted by molar-refractivity contribution is -0.898. The summed E-state index contributed by atoms with van der Waals surface area (Å²) in [5.41, 5.74) is 3.17. The molecule has 2 aliphatic heterocycles. The highest BCUT2D eigenvalue weighted by atomic mass is 127. The lowest BCUT2D eigenvalue weighted by Gasteiger charge is -2.41. The monoisotopic (exact) mass is 537 g/mol. The third kappa shape index (κ3) is 4.81. The van der Waals surface area contributed by atoms with Crippen molar-refractivity contribution < 1.29 is 33.3 Å². The molecule has 30 heavy (non-hydrogen) atoms. The molecule has 0 aromatic heterocycles. The average Bonchev–Trinajstić information content (AvgIpc) is 3.15. The molecule has 1 saturated heterocycles. The van der Waals surface area contributed by atoms with Gasteiger partial charge in [0.15, 0.2) is 0 Å². The van der Waals surface area contributed by atoms with Crippen LogP contribution in [0.4, 0.5) is 11.4 Å². The fourth-order valence-corrected chi connectivity index (χ4v) is 5.79. The Balaban J connectivity index is 0.00000256. The summed E-state index contributed by atoms with van der Waals surface area (Å²) in [5, 5.41) is 3.02. The van der Waals surface area contributed by atoms with Gasteiger partial charge in [0.05, 0.1) is 44.1 Å². The molecule has 1 unspecified atom stereocenters. The minimum atomic E-state index is 0. The molecule has 0 saturated carbocycles. The Bertz CT molecular complexity index is 898. The van der Waals surface area contributed by atoms with Crippen LogP contribution >= 0.6 is 11.8 Å². The molecule has 2 aromatic carbocycles. The van der Waals surface area contributed by atoms with Crippen molar-refractivity contribution in [2.45, 2.75) is 48.9 Å². The molecule has 1 amide bonds. The van der Waals surface area contributed by atoms with E-state index < -0.39 is 0 Å². The van der Waals surface area contributed by atoms with Crippen molar-refractivity contribution in [1.82, 2.24) is 5.32 Å². The van der Waals surface area contributed by atoms with Crippen LogP contribution in [-0.2, 0) is 0 Å². The number of carbonyl (C=O) groups excluding carboxylic acids is 1. The predicted octanol–water partition coefficient (Wildman–Crippen LogP) is 2.06. The van der Waals surface area contributed by atoms with Crippen LogP contribution in [0.15, 0.2) is 52.3 Å². The smallest absolute Gasteiger partial charge is 0.251 e. The van der Waals surface area contributed by atoms with E-state index in [0.29, 0.717) is 12.6 Å². The lowest BCUT2D eigenvalue weighted by atomic mass is 10.1. The molecule has 0 radical (unpaired) electrons. The van der Waals surface area contributed by atoms with Gasteiger partial charge in [0.25, 0.3) is 5.91 Å². The van der Waals surface area contributed by atoms with E-state index >= 15 is 0 Å².